The van der Waals surface area contributed by atoms with Crippen LogP contribution in [0.4, 0.5) is 10.2 Å². The molecule has 0 aliphatic carbocycles. The van der Waals surface area contributed by atoms with Crippen LogP contribution in [0.2, 0.25) is 0 Å². The van der Waals surface area contributed by atoms with Crippen molar-refractivity contribution in [2.45, 2.75) is 26.3 Å². The summed E-state index contributed by atoms with van der Waals surface area (Å²) in [4.78, 5) is 26.0. The normalized spacial score (nSPS) is 16.3. The maximum Gasteiger partial charge on any atom is 0.292 e. The first kappa shape index (κ1) is 20.0. The number of carbonyl (C=O) groups excluding carboxylic acids is 1. The highest BCUT2D eigenvalue weighted by atomic mass is 19.1. The standard InChI is InChI=1S/C22H21FN6O3/c1-10-4-5-15-14(8-10)11(2)19(32-15)18-16-17(21(30)26-25-20(16)24)27-29(18)13-6-7-28(9-13)22(31)12(3)23/h4-5,8,13H,3,6-7,9H2,1-2H3,(H2,24,25)(H,26,30). The van der Waals surface area contributed by atoms with Gasteiger partial charge in [0.15, 0.2) is 22.9 Å². The van der Waals surface area contributed by atoms with Crippen molar-refractivity contribution in [1.29, 1.82) is 0 Å². The van der Waals surface area contributed by atoms with E-state index in [1.54, 1.807) is 4.68 Å². The number of likely N-dealkylation sites (tertiary alicyclic amines) is 1. The molecule has 4 heterocycles. The quantitative estimate of drug-likeness (QED) is 0.476. The molecule has 3 aromatic heterocycles. The summed E-state index contributed by atoms with van der Waals surface area (Å²) in [6.45, 7) is 7.57. The van der Waals surface area contributed by atoms with E-state index < -0.39 is 17.3 Å². The number of aromatic amines is 1. The number of halogens is 1. The average Bonchev–Trinajstić information content (AvgIpc) is 3.46. The predicted molar refractivity (Wildman–Crippen MR) is 118 cm³/mol. The molecule has 3 N–H and O–H groups in total. The van der Waals surface area contributed by atoms with Crippen molar-refractivity contribution in [2.24, 2.45) is 0 Å². The molecule has 0 radical (unpaired) electrons. The van der Waals surface area contributed by atoms with E-state index >= 15 is 0 Å². The van der Waals surface area contributed by atoms with Gasteiger partial charge >= 0.3 is 0 Å². The first-order valence-electron chi connectivity index (χ1n) is 10.2. The molecule has 9 nitrogen and oxygen atoms in total. The zero-order valence-electron chi connectivity index (χ0n) is 17.6. The number of aromatic nitrogens is 4. The van der Waals surface area contributed by atoms with Crippen molar-refractivity contribution in [3.8, 4) is 11.5 Å². The largest absolute Gasteiger partial charge is 0.454 e. The van der Waals surface area contributed by atoms with Crippen molar-refractivity contribution in [3.63, 3.8) is 0 Å². The summed E-state index contributed by atoms with van der Waals surface area (Å²) in [5, 5.41) is 12.1. The molecular weight excluding hydrogens is 415 g/mol. The summed E-state index contributed by atoms with van der Waals surface area (Å²) in [6, 6.07) is 5.56. The monoisotopic (exact) mass is 436 g/mol. The SMILES string of the molecule is C=C(F)C(=O)N1CCC(n2nc3c(=O)[nH]nc(N)c3c2-c2oc3ccc(C)cc3c2C)C1. The number of amides is 1. The molecule has 1 aliphatic heterocycles. The smallest absolute Gasteiger partial charge is 0.292 e. The summed E-state index contributed by atoms with van der Waals surface area (Å²) in [5.74, 6) is -1.13. The van der Waals surface area contributed by atoms with Crippen LogP contribution < -0.4 is 11.3 Å². The number of fused-ring (bicyclic) bond motifs is 2. The number of benzene rings is 1. The Balaban J connectivity index is 1.75. The van der Waals surface area contributed by atoms with E-state index in [0.717, 1.165) is 16.5 Å². The molecule has 32 heavy (non-hydrogen) atoms. The Morgan fingerprint density at radius 1 is 1.38 bits per heavy atom. The second-order valence-corrected chi connectivity index (χ2v) is 8.11. The molecule has 5 rings (SSSR count). The van der Waals surface area contributed by atoms with Crippen LogP contribution in [0.15, 0.2) is 39.8 Å². The first-order valence-corrected chi connectivity index (χ1v) is 10.2. The lowest BCUT2D eigenvalue weighted by molar-refractivity contribution is -0.127. The highest BCUT2D eigenvalue weighted by Gasteiger charge is 2.34. The summed E-state index contributed by atoms with van der Waals surface area (Å²) >= 11 is 0. The lowest BCUT2D eigenvalue weighted by Gasteiger charge is -2.17. The van der Waals surface area contributed by atoms with E-state index in [1.807, 2.05) is 32.0 Å². The van der Waals surface area contributed by atoms with Gasteiger partial charge in [-0.1, -0.05) is 18.2 Å². The van der Waals surface area contributed by atoms with E-state index in [0.29, 0.717) is 35.4 Å². The summed E-state index contributed by atoms with van der Waals surface area (Å²) in [6.07, 6.45) is 0.517. The lowest BCUT2D eigenvalue weighted by atomic mass is 10.1. The zero-order chi connectivity index (χ0) is 22.7. The number of nitrogens with one attached hydrogen (secondary N) is 1. The van der Waals surface area contributed by atoms with Gasteiger partial charge in [0, 0.05) is 24.0 Å². The third kappa shape index (κ3) is 2.90. The number of furan rings is 1. The molecular formula is C22H21FN6O3. The van der Waals surface area contributed by atoms with Gasteiger partial charge in [-0.05, 0) is 32.4 Å². The van der Waals surface area contributed by atoms with Crippen molar-refractivity contribution in [2.75, 3.05) is 18.8 Å². The summed E-state index contributed by atoms with van der Waals surface area (Å²) < 4.78 is 21.3. The van der Waals surface area contributed by atoms with Gasteiger partial charge in [-0.2, -0.15) is 10.2 Å². The molecule has 1 unspecified atom stereocenters. The highest BCUT2D eigenvalue weighted by molar-refractivity contribution is 6.01. The molecule has 4 aromatic rings. The number of hydrogen-bond acceptors (Lipinski definition) is 6. The van der Waals surface area contributed by atoms with Gasteiger partial charge in [0.05, 0.1) is 11.4 Å². The van der Waals surface area contributed by atoms with Crippen molar-refractivity contribution >= 4 is 33.6 Å². The molecule has 0 bridgehead atoms. The van der Waals surface area contributed by atoms with E-state index in [9.17, 15) is 14.0 Å². The van der Waals surface area contributed by atoms with E-state index in [4.69, 9.17) is 10.2 Å². The number of nitrogen functional groups attached to an aromatic ring is 1. The second-order valence-electron chi connectivity index (χ2n) is 8.11. The van der Waals surface area contributed by atoms with Crippen LogP contribution in [-0.4, -0.2) is 43.9 Å². The Bertz CT molecular complexity index is 1480. The Labute approximate surface area is 181 Å². The van der Waals surface area contributed by atoms with Gasteiger partial charge in [0.1, 0.15) is 11.3 Å². The minimum Gasteiger partial charge on any atom is -0.454 e. The maximum absolute atomic E-state index is 13.4. The predicted octanol–water partition coefficient (Wildman–Crippen LogP) is 2.99. The van der Waals surface area contributed by atoms with Crippen LogP contribution in [0.25, 0.3) is 33.3 Å². The zero-order valence-corrected chi connectivity index (χ0v) is 17.6. The van der Waals surface area contributed by atoms with Gasteiger partial charge in [0.2, 0.25) is 0 Å². The van der Waals surface area contributed by atoms with Crippen LogP contribution in [0.3, 0.4) is 0 Å². The number of nitrogens with zero attached hydrogens (tertiary/aromatic N) is 4. The molecule has 1 aromatic carbocycles. The van der Waals surface area contributed by atoms with Gasteiger partial charge in [-0.3, -0.25) is 14.3 Å². The van der Waals surface area contributed by atoms with Crippen LogP contribution >= 0.6 is 0 Å². The Morgan fingerprint density at radius 2 is 2.16 bits per heavy atom. The number of hydrogen-bond donors (Lipinski definition) is 2. The van der Waals surface area contributed by atoms with Crippen molar-refractivity contribution in [3.05, 3.63) is 52.1 Å². The number of carbonyl (C=O) groups is 1. The van der Waals surface area contributed by atoms with Crippen LogP contribution in [0.1, 0.15) is 23.6 Å². The number of rotatable bonds is 3. The fraction of sp³-hybridized carbons (Fsp3) is 0.273. The molecule has 1 atom stereocenters. The molecule has 10 heteroatoms. The van der Waals surface area contributed by atoms with Gasteiger partial charge in [-0.15, -0.1) is 0 Å². The van der Waals surface area contributed by atoms with Gasteiger partial charge in [0.25, 0.3) is 11.5 Å². The third-order valence-corrected chi connectivity index (χ3v) is 5.99. The van der Waals surface area contributed by atoms with Crippen LogP contribution in [0.5, 0.6) is 0 Å². The lowest BCUT2D eigenvalue weighted by Crippen LogP contribution is -2.29. The fourth-order valence-electron chi connectivity index (χ4n) is 4.40. The summed E-state index contributed by atoms with van der Waals surface area (Å²) in [7, 11) is 0. The fourth-order valence-corrected chi connectivity index (χ4v) is 4.40. The Morgan fingerprint density at radius 3 is 2.91 bits per heavy atom. The van der Waals surface area contributed by atoms with Crippen molar-refractivity contribution in [1.82, 2.24) is 24.9 Å². The number of anilines is 1. The molecule has 1 saturated heterocycles. The van der Waals surface area contributed by atoms with Crippen molar-refractivity contribution < 1.29 is 13.6 Å². The topological polar surface area (TPSA) is 123 Å². The number of aryl methyl sites for hydroxylation is 2. The molecule has 0 saturated carbocycles. The number of H-pyrrole nitrogens is 1. The van der Waals surface area contributed by atoms with E-state index in [-0.39, 0.29) is 23.9 Å². The maximum atomic E-state index is 13.4. The average molecular weight is 436 g/mol. The molecule has 164 valence electrons. The van der Waals surface area contributed by atoms with E-state index in [2.05, 4.69) is 21.9 Å². The molecule has 0 spiro atoms. The minimum absolute atomic E-state index is 0.111. The Kier molecular flexibility index (Phi) is 4.40. The van der Waals surface area contributed by atoms with E-state index in [1.165, 1.54) is 4.90 Å². The molecule has 1 aliphatic rings. The molecule has 1 amide bonds. The first-order chi connectivity index (χ1) is 15.3. The minimum atomic E-state index is -1.01. The van der Waals surface area contributed by atoms with Crippen LogP contribution in [-0.2, 0) is 4.79 Å². The van der Waals surface area contributed by atoms with Crippen LogP contribution in [0, 0.1) is 13.8 Å². The van der Waals surface area contributed by atoms with Gasteiger partial charge < -0.3 is 15.1 Å². The van der Waals surface area contributed by atoms with Gasteiger partial charge in [-0.25, -0.2) is 9.49 Å². The number of nitrogens with two attached hydrogens (primary N) is 1. The molecule has 1 fully saturated rings. The Hall–Kier alpha value is -3.95. The third-order valence-electron chi connectivity index (χ3n) is 5.99. The second kappa shape index (κ2) is 7.04. The highest BCUT2D eigenvalue weighted by Crippen LogP contribution is 2.40. The summed E-state index contributed by atoms with van der Waals surface area (Å²) in [5.41, 5.74) is 8.96.